The number of rotatable bonds is 6. The van der Waals surface area contributed by atoms with Gasteiger partial charge < -0.3 is 19.5 Å². The van der Waals surface area contributed by atoms with Crippen LogP contribution in [0.5, 0.6) is 11.5 Å². The number of ether oxygens (including phenoxy) is 3. The molecule has 6 nitrogen and oxygen atoms in total. The molecular weight excluding hydrogens is 274 g/mol. The second-order valence-corrected chi connectivity index (χ2v) is 5.20. The fourth-order valence-electron chi connectivity index (χ4n) is 1.43. The minimum absolute atomic E-state index is 0.0665. The molecule has 0 saturated carbocycles. The Bertz CT molecular complexity index is 581. The van der Waals surface area contributed by atoms with Crippen LogP contribution >= 0.6 is 0 Å². The largest absolute Gasteiger partial charge is 0.493 e. The van der Waals surface area contributed by atoms with E-state index in [1.54, 1.807) is 20.8 Å². The first kappa shape index (κ1) is 12.5. The van der Waals surface area contributed by atoms with Gasteiger partial charge in [0.2, 0.25) is 0 Å². The van der Waals surface area contributed by atoms with E-state index in [-0.39, 0.29) is 30.2 Å². The van der Waals surface area contributed by atoms with Crippen molar-refractivity contribution in [3.05, 3.63) is 23.8 Å². The maximum Gasteiger partial charge on any atom is 0.407 e. The highest BCUT2D eigenvalue weighted by molar-refractivity contribution is 5.76. The lowest BCUT2D eigenvalue weighted by molar-refractivity contribution is 0.0520. The average molecular weight is 298 g/mol. The Morgan fingerprint density at radius 3 is 2.76 bits per heavy atom. The number of hydrogen-bond acceptors (Lipinski definition) is 5. The van der Waals surface area contributed by atoms with Gasteiger partial charge in [0.05, 0.1) is 17.7 Å². The number of aldehydes is 1. The lowest BCUT2D eigenvalue weighted by Gasteiger charge is -2.19. The molecular formula is C15H21NO5. The van der Waals surface area contributed by atoms with Crippen molar-refractivity contribution in [2.45, 2.75) is 26.4 Å². The molecule has 1 N–H and O–H groups in total. The van der Waals surface area contributed by atoms with Crippen molar-refractivity contribution >= 4 is 12.4 Å². The second kappa shape index (κ2) is 7.52. The van der Waals surface area contributed by atoms with Crippen LogP contribution in [0.2, 0.25) is 0 Å². The summed E-state index contributed by atoms with van der Waals surface area (Å²) in [5.41, 5.74) is -0.343. The van der Waals surface area contributed by atoms with Crippen molar-refractivity contribution in [1.82, 2.24) is 5.32 Å². The molecule has 116 valence electrons. The molecule has 1 rings (SSSR count). The van der Waals surface area contributed by atoms with Crippen molar-refractivity contribution in [2.75, 3.05) is 20.2 Å². The van der Waals surface area contributed by atoms with Crippen LogP contribution < -0.4 is 14.8 Å². The summed E-state index contributed by atoms with van der Waals surface area (Å²) in [5, 5.41) is 2.51. The first-order chi connectivity index (χ1) is 11.0. The number of nitrogens with one attached hydrogen (secondary N) is 1. The highest BCUT2D eigenvalue weighted by Crippen LogP contribution is 2.27. The Kier molecular flexibility index (Phi) is 4.47. The molecule has 0 fully saturated rings. The van der Waals surface area contributed by atoms with Gasteiger partial charge in [-0.1, -0.05) is 0 Å². The van der Waals surface area contributed by atoms with E-state index in [2.05, 4.69) is 5.32 Å². The van der Waals surface area contributed by atoms with Gasteiger partial charge in [-0.3, -0.25) is 4.79 Å². The van der Waals surface area contributed by atoms with Crippen molar-refractivity contribution in [2.24, 2.45) is 0 Å². The van der Waals surface area contributed by atoms with Crippen LogP contribution in [-0.4, -0.2) is 38.2 Å². The molecule has 1 amide bonds. The van der Waals surface area contributed by atoms with Crippen LogP contribution in [0.4, 0.5) is 4.79 Å². The minimum Gasteiger partial charge on any atom is -0.493 e. The molecule has 21 heavy (non-hydrogen) atoms. The summed E-state index contributed by atoms with van der Waals surface area (Å²) in [6.45, 7) is 5.46. The predicted octanol–water partition coefficient (Wildman–Crippen LogP) is 2.41. The van der Waals surface area contributed by atoms with Crippen LogP contribution in [-0.2, 0) is 4.74 Å². The average Bonchev–Trinajstić information content (AvgIpc) is 2.41. The molecule has 1 aromatic rings. The van der Waals surface area contributed by atoms with Crippen LogP contribution in [0.3, 0.4) is 0 Å². The predicted molar refractivity (Wildman–Crippen MR) is 78.1 cm³/mol. The molecule has 0 aliphatic carbocycles. The summed E-state index contributed by atoms with van der Waals surface area (Å²) in [5.74, 6) is 0.0829. The molecule has 0 radical (unpaired) electrons. The van der Waals surface area contributed by atoms with Gasteiger partial charge in [0.25, 0.3) is 0 Å². The minimum atomic E-state index is -2.67. The Morgan fingerprint density at radius 1 is 1.38 bits per heavy atom. The quantitative estimate of drug-likeness (QED) is 0.645. The Balaban J connectivity index is 2.61. The van der Waals surface area contributed by atoms with Gasteiger partial charge in [-0.2, -0.15) is 0 Å². The number of hydrogen-bond donors (Lipinski definition) is 1. The second-order valence-electron chi connectivity index (χ2n) is 5.20. The fraction of sp³-hybridized carbons (Fsp3) is 0.467. The number of carbonyl (C=O) groups is 2. The molecule has 0 aliphatic rings. The lowest BCUT2D eigenvalue weighted by atomic mass is 10.2. The maximum absolute atomic E-state index is 11.5. The molecule has 0 unspecified atom stereocenters. The molecule has 0 atom stereocenters. The summed E-state index contributed by atoms with van der Waals surface area (Å²) >= 11 is 0. The Morgan fingerprint density at radius 2 is 2.14 bits per heavy atom. The standard InChI is InChI=1S/C15H21NO5/c1-15(2,3)21-14(18)16-7-8-20-12-6-5-11(10-17)9-13(12)19-4/h5-6,9-10H,7-8H2,1-4H3,(H,16,18)/i4D3. The molecule has 0 aromatic heterocycles. The highest BCUT2D eigenvalue weighted by atomic mass is 16.6. The summed E-state index contributed by atoms with van der Waals surface area (Å²) < 4.78 is 36.7. The van der Waals surface area contributed by atoms with Gasteiger partial charge in [0.15, 0.2) is 11.5 Å². The van der Waals surface area contributed by atoms with Crippen molar-refractivity contribution in [1.29, 1.82) is 0 Å². The molecule has 0 bridgehead atoms. The Labute approximate surface area is 128 Å². The van der Waals surface area contributed by atoms with Crippen LogP contribution in [0.15, 0.2) is 18.2 Å². The van der Waals surface area contributed by atoms with Gasteiger partial charge in [-0.25, -0.2) is 4.79 Å². The van der Waals surface area contributed by atoms with Gasteiger partial charge in [0, 0.05) is 5.56 Å². The van der Waals surface area contributed by atoms with Crippen LogP contribution in [0.25, 0.3) is 0 Å². The van der Waals surface area contributed by atoms with E-state index in [1.165, 1.54) is 18.2 Å². The smallest absolute Gasteiger partial charge is 0.407 e. The van der Waals surface area contributed by atoms with E-state index < -0.39 is 18.7 Å². The first-order valence-electron chi connectivity index (χ1n) is 7.88. The van der Waals surface area contributed by atoms with Crippen molar-refractivity contribution in [3.63, 3.8) is 0 Å². The molecule has 0 spiro atoms. The van der Waals surface area contributed by atoms with E-state index in [0.717, 1.165) is 0 Å². The molecule has 0 aliphatic heterocycles. The first-order valence-corrected chi connectivity index (χ1v) is 6.38. The zero-order chi connectivity index (χ0) is 18.4. The van der Waals surface area contributed by atoms with E-state index in [4.69, 9.17) is 18.3 Å². The Hall–Kier alpha value is -2.24. The SMILES string of the molecule is [2H]C([2H])([2H])Oc1cc(C=O)ccc1OCCNC(=O)OC(C)(C)C. The fourth-order valence-corrected chi connectivity index (χ4v) is 1.43. The molecule has 0 heterocycles. The van der Waals surface area contributed by atoms with Gasteiger partial charge in [-0.15, -0.1) is 0 Å². The topological polar surface area (TPSA) is 73.9 Å². The zero-order valence-electron chi connectivity index (χ0n) is 15.3. The van der Waals surface area contributed by atoms with Gasteiger partial charge >= 0.3 is 6.09 Å². The van der Waals surface area contributed by atoms with Gasteiger partial charge in [0.1, 0.15) is 18.5 Å². The van der Waals surface area contributed by atoms with Crippen LogP contribution in [0.1, 0.15) is 35.2 Å². The molecule has 1 aromatic carbocycles. The summed E-state index contributed by atoms with van der Waals surface area (Å²) in [4.78, 5) is 22.3. The van der Waals surface area contributed by atoms with E-state index in [9.17, 15) is 9.59 Å². The maximum atomic E-state index is 11.5. The van der Waals surface area contributed by atoms with Crippen LogP contribution in [0, 0.1) is 0 Å². The summed E-state index contributed by atoms with van der Waals surface area (Å²) in [6.07, 6.45) is -0.0124. The van der Waals surface area contributed by atoms with E-state index in [0.29, 0.717) is 6.29 Å². The normalized spacial score (nSPS) is 13.4. The number of benzene rings is 1. The summed E-state index contributed by atoms with van der Waals surface area (Å²) in [6, 6.07) is 4.17. The summed E-state index contributed by atoms with van der Waals surface area (Å²) in [7, 11) is -2.67. The van der Waals surface area contributed by atoms with E-state index >= 15 is 0 Å². The van der Waals surface area contributed by atoms with E-state index in [1.807, 2.05) is 0 Å². The molecule has 0 saturated heterocycles. The highest BCUT2D eigenvalue weighted by Gasteiger charge is 2.15. The third kappa shape index (κ3) is 6.16. The zero-order valence-corrected chi connectivity index (χ0v) is 12.3. The number of methoxy groups -OCH3 is 1. The molecule has 6 heteroatoms. The van der Waals surface area contributed by atoms with Gasteiger partial charge in [-0.05, 0) is 39.0 Å². The lowest BCUT2D eigenvalue weighted by Crippen LogP contribution is -2.34. The number of amides is 1. The monoisotopic (exact) mass is 298 g/mol. The van der Waals surface area contributed by atoms with Crippen molar-refractivity contribution < 1.29 is 27.9 Å². The van der Waals surface area contributed by atoms with Crippen molar-refractivity contribution in [3.8, 4) is 11.5 Å². The third-order valence-corrected chi connectivity index (χ3v) is 2.24. The third-order valence-electron chi connectivity index (χ3n) is 2.24. The number of carbonyl (C=O) groups excluding carboxylic acids is 2. The number of alkyl carbamates (subject to hydrolysis) is 1.